The van der Waals surface area contributed by atoms with Crippen LogP contribution in [0, 0.1) is 10.1 Å². The van der Waals surface area contributed by atoms with Crippen molar-refractivity contribution in [1.82, 2.24) is 10.2 Å². The molecule has 2 aliphatic heterocycles. The highest BCUT2D eigenvalue weighted by Crippen LogP contribution is 2.41. The van der Waals surface area contributed by atoms with Crippen LogP contribution in [0.15, 0.2) is 22.7 Å². The number of nitro groups is 1. The summed E-state index contributed by atoms with van der Waals surface area (Å²) in [5.41, 5.74) is 2.49. The molecule has 1 aromatic carbocycles. The minimum atomic E-state index is -0.482. The number of carbonyl (C=O) groups excluding carboxylic acids is 1. The first-order valence-electron chi connectivity index (χ1n) is 7.78. The third-order valence-corrected chi connectivity index (χ3v) is 6.34. The van der Waals surface area contributed by atoms with E-state index < -0.39 is 11.1 Å². The van der Waals surface area contributed by atoms with E-state index in [1.165, 1.54) is 10.9 Å². The van der Waals surface area contributed by atoms with E-state index in [1.54, 1.807) is 23.5 Å². The van der Waals surface area contributed by atoms with Crippen molar-refractivity contribution in [3.8, 4) is 0 Å². The second kappa shape index (κ2) is 6.08. The summed E-state index contributed by atoms with van der Waals surface area (Å²) < 4.78 is 0.415. The normalized spacial score (nSPS) is 19.6. The van der Waals surface area contributed by atoms with Crippen LogP contribution in [0.4, 0.5) is 10.7 Å². The Morgan fingerprint density at radius 1 is 1.40 bits per heavy atom. The van der Waals surface area contributed by atoms with E-state index in [9.17, 15) is 14.9 Å². The fourth-order valence-electron chi connectivity index (χ4n) is 3.26. The fraction of sp³-hybridized carbons (Fsp3) is 0.312. The molecule has 1 aromatic heterocycles. The SMILES string of the molecule is CN1CCc2c(sc3c2C(=O)N[C@H](c2ccc(Br)c([N+](=O)[O-])c2)N3)C1. The number of nitrogens with zero attached hydrogens (tertiary/aromatic N) is 2. The molecule has 0 bridgehead atoms. The molecule has 2 aromatic rings. The quantitative estimate of drug-likeness (QED) is 0.572. The fourth-order valence-corrected chi connectivity index (χ4v) is 5.00. The van der Waals surface area contributed by atoms with Crippen molar-refractivity contribution < 1.29 is 9.72 Å². The van der Waals surface area contributed by atoms with Gasteiger partial charge >= 0.3 is 0 Å². The van der Waals surface area contributed by atoms with Crippen LogP contribution in [0.5, 0.6) is 0 Å². The Morgan fingerprint density at radius 3 is 2.96 bits per heavy atom. The smallest absolute Gasteiger partial charge is 0.283 e. The van der Waals surface area contributed by atoms with Crippen LogP contribution < -0.4 is 10.6 Å². The molecule has 25 heavy (non-hydrogen) atoms. The van der Waals surface area contributed by atoms with Crippen LogP contribution in [0.2, 0.25) is 0 Å². The predicted octanol–water partition coefficient (Wildman–Crippen LogP) is 3.26. The summed E-state index contributed by atoms with van der Waals surface area (Å²) >= 11 is 4.79. The third-order valence-electron chi connectivity index (χ3n) is 4.53. The van der Waals surface area contributed by atoms with Crippen molar-refractivity contribution in [2.24, 2.45) is 0 Å². The lowest BCUT2D eigenvalue weighted by Gasteiger charge is -2.27. The van der Waals surface area contributed by atoms with Crippen molar-refractivity contribution in [3.63, 3.8) is 0 Å². The number of anilines is 1. The zero-order valence-corrected chi connectivity index (χ0v) is 15.7. The first-order valence-corrected chi connectivity index (χ1v) is 9.39. The molecule has 0 spiro atoms. The van der Waals surface area contributed by atoms with Crippen LogP contribution in [-0.2, 0) is 13.0 Å². The topological polar surface area (TPSA) is 87.5 Å². The minimum absolute atomic E-state index is 0.0218. The molecule has 0 radical (unpaired) electrons. The predicted molar refractivity (Wildman–Crippen MR) is 99.0 cm³/mol. The summed E-state index contributed by atoms with van der Waals surface area (Å²) in [6, 6.07) is 4.88. The second-order valence-corrected chi connectivity index (χ2v) is 8.17. The van der Waals surface area contributed by atoms with Gasteiger partial charge in [0.15, 0.2) is 0 Å². The number of nitrogens with one attached hydrogen (secondary N) is 2. The molecule has 7 nitrogen and oxygen atoms in total. The molecule has 9 heteroatoms. The van der Waals surface area contributed by atoms with E-state index in [1.807, 2.05) is 0 Å². The summed E-state index contributed by atoms with van der Waals surface area (Å²) in [5, 5.41) is 18.3. The highest BCUT2D eigenvalue weighted by molar-refractivity contribution is 9.10. The highest BCUT2D eigenvalue weighted by atomic mass is 79.9. The molecule has 0 saturated heterocycles. The minimum Gasteiger partial charge on any atom is -0.353 e. The van der Waals surface area contributed by atoms with E-state index in [0.717, 1.165) is 35.6 Å². The molecule has 3 heterocycles. The van der Waals surface area contributed by atoms with Crippen LogP contribution in [0.25, 0.3) is 0 Å². The van der Waals surface area contributed by atoms with Gasteiger partial charge in [0.2, 0.25) is 0 Å². The summed E-state index contributed by atoms with van der Waals surface area (Å²) in [6.07, 6.45) is 0.380. The Hall–Kier alpha value is -1.97. The van der Waals surface area contributed by atoms with Crippen LogP contribution in [-0.4, -0.2) is 29.3 Å². The lowest BCUT2D eigenvalue weighted by molar-refractivity contribution is -0.385. The summed E-state index contributed by atoms with van der Waals surface area (Å²) in [5.74, 6) is -0.119. The number of nitro benzene ring substituents is 1. The van der Waals surface area contributed by atoms with Gasteiger partial charge in [-0.05, 0) is 41.0 Å². The number of thiophene rings is 1. The van der Waals surface area contributed by atoms with Gasteiger partial charge in [0, 0.05) is 29.6 Å². The molecule has 1 atom stereocenters. The number of hydrogen-bond acceptors (Lipinski definition) is 6. The number of rotatable bonds is 2. The maximum atomic E-state index is 12.7. The van der Waals surface area contributed by atoms with Crippen molar-refractivity contribution in [1.29, 1.82) is 0 Å². The average molecular weight is 423 g/mol. The van der Waals surface area contributed by atoms with E-state index >= 15 is 0 Å². The van der Waals surface area contributed by atoms with Gasteiger partial charge in [-0.1, -0.05) is 6.07 Å². The lowest BCUT2D eigenvalue weighted by atomic mass is 10.0. The average Bonchev–Trinajstić information content (AvgIpc) is 2.92. The Kier molecular flexibility index (Phi) is 4.01. The molecule has 0 unspecified atom stereocenters. The Morgan fingerprint density at radius 2 is 2.20 bits per heavy atom. The van der Waals surface area contributed by atoms with Crippen LogP contribution in [0.3, 0.4) is 0 Å². The second-order valence-electron chi connectivity index (χ2n) is 6.21. The van der Waals surface area contributed by atoms with Gasteiger partial charge in [-0.15, -0.1) is 11.3 Å². The van der Waals surface area contributed by atoms with Gasteiger partial charge in [-0.25, -0.2) is 0 Å². The number of carbonyl (C=O) groups is 1. The Labute approximate surface area is 156 Å². The van der Waals surface area contributed by atoms with Crippen LogP contribution in [0.1, 0.15) is 32.5 Å². The summed E-state index contributed by atoms with van der Waals surface area (Å²) in [7, 11) is 2.07. The standard InChI is InChI=1S/C16H15BrN4O3S/c1-20-5-4-9-12(7-20)25-16-13(9)15(22)18-14(19-16)8-2-3-10(17)11(6-8)21(23)24/h2-3,6,14,19H,4-5,7H2,1H3,(H,18,22)/t14-/m0/s1. The first-order chi connectivity index (χ1) is 11.9. The van der Waals surface area contributed by atoms with Gasteiger partial charge in [0.25, 0.3) is 11.6 Å². The molecule has 0 aliphatic carbocycles. The van der Waals surface area contributed by atoms with Gasteiger partial charge in [0.05, 0.1) is 15.0 Å². The zero-order valence-electron chi connectivity index (χ0n) is 13.3. The number of hydrogen-bond donors (Lipinski definition) is 2. The lowest BCUT2D eigenvalue weighted by Crippen LogP contribution is -2.38. The van der Waals surface area contributed by atoms with E-state index in [2.05, 4.69) is 38.5 Å². The van der Waals surface area contributed by atoms with Crippen molar-refractivity contribution in [2.75, 3.05) is 18.9 Å². The van der Waals surface area contributed by atoms with Crippen molar-refractivity contribution in [3.05, 3.63) is 54.4 Å². The van der Waals surface area contributed by atoms with Crippen LogP contribution >= 0.6 is 27.3 Å². The largest absolute Gasteiger partial charge is 0.353 e. The van der Waals surface area contributed by atoms with Crippen molar-refractivity contribution in [2.45, 2.75) is 19.1 Å². The molecular formula is C16H15BrN4O3S. The number of fused-ring (bicyclic) bond motifs is 3. The molecule has 130 valence electrons. The molecule has 2 aliphatic rings. The van der Waals surface area contributed by atoms with Gasteiger partial charge in [-0.2, -0.15) is 0 Å². The van der Waals surface area contributed by atoms with Gasteiger partial charge in [0.1, 0.15) is 11.2 Å². The van der Waals surface area contributed by atoms with Crippen molar-refractivity contribution >= 4 is 43.9 Å². The molecular weight excluding hydrogens is 408 g/mol. The van der Waals surface area contributed by atoms with E-state index in [4.69, 9.17) is 0 Å². The zero-order chi connectivity index (χ0) is 17.7. The molecule has 1 amide bonds. The number of halogens is 1. The number of benzene rings is 1. The van der Waals surface area contributed by atoms with E-state index in [-0.39, 0.29) is 11.6 Å². The Balaban J connectivity index is 1.69. The third kappa shape index (κ3) is 2.82. The molecule has 0 fully saturated rings. The maximum Gasteiger partial charge on any atom is 0.283 e. The molecule has 4 rings (SSSR count). The van der Waals surface area contributed by atoms with Gasteiger partial charge < -0.3 is 15.5 Å². The number of amides is 1. The van der Waals surface area contributed by atoms with E-state index in [0.29, 0.717) is 10.0 Å². The summed E-state index contributed by atoms with van der Waals surface area (Å²) in [4.78, 5) is 26.8. The first kappa shape index (κ1) is 16.5. The summed E-state index contributed by atoms with van der Waals surface area (Å²) in [6.45, 7) is 1.78. The molecule has 0 saturated carbocycles. The Bertz CT molecular complexity index is 898. The molecule has 2 N–H and O–H groups in total. The highest BCUT2D eigenvalue weighted by Gasteiger charge is 2.33. The number of likely N-dealkylation sites (N-methyl/N-ethyl adjacent to an activating group) is 1. The monoisotopic (exact) mass is 422 g/mol. The van der Waals surface area contributed by atoms with Gasteiger partial charge in [-0.3, -0.25) is 14.9 Å². The maximum absolute atomic E-state index is 12.7.